The van der Waals surface area contributed by atoms with Gasteiger partial charge in [-0.05, 0) is 69.1 Å². The standard InChI is InChI=1S/C20H27N3O2/c1-12-2-3-14(20(25)22-15-4-5-15)11-18(12)23-19(24)10-13-8-16-6-7-17(9-13)21-16/h2-3,11,13,15-17,21H,4-10H2,1H3,(H,22,25)(H,23,24). The zero-order valence-electron chi connectivity index (χ0n) is 14.8. The molecule has 0 spiro atoms. The summed E-state index contributed by atoms with van der Waals surface area (Å²) in [5.41, 5.74) is 2.36. The van der Waals surface area contributed by atoms with E-state index in [1.807, 2.05) is 19.1 Å². The molecule has 1 aromatic rings. The maximum atomic E-state index is 12.5. The number of benzene rings is 1. The van der Waals surface area contributed by atoms with E-state index in [2.05, 4.69) is 16.0 Å². The van der Waals surface area contributed by atoms with Crippen molar-refractivity contribution in [2.24, 2.45) is 5.92 Å². The number of amides is 2. The summed E-state index contributed by atoms with van der Waals surface area (Å²) in [4.78, 5) is 24.7. The van der Waals surface area contributed by atoms with E-state index in [0.717, 1.165) is 36.9 Å². The van der Waals surface area contributed by atoms with Crippen molar-refractivity contribution in [2.75, 3.05) is 5.32 Å². The zero-order valence-corrected chi connectivity index (χ0v) is 14.8. The molecule has 25 heavy (non-hydrogen) atoms. The Kier molecular flexibility index (Phi) is 4.50. The van der Waals surface area contributed by atoms with E-state index in [-0.39, 0.29) is 11.8 Å². The Hall–Kier alpha value is -1.88. The second-order valence-electron chi connectivity index (χ2n) is 8.01. The Labute approximate surface area is 148 Å². The normalized spacial score (nSPS) is 27.8. The fourth-order valence-electron chi connectivity index (χ4n) is 4.20. The van der Waals surface area contributed by atoms with E-state index in [4.69, 9.17) is 0 Å². The molecule has 3 fully saturated rings. The van der Waals surface area contributed by atoms with Gasteiger partial charge in [0.1, 0.15) is 0 Å². The molecular formula is C20H27N3O2. The third-order valence-corrected chi connectivity index (χ3v) is 5.73. The van der Waals surface area contributed by atoms with Gasteiger partial charge in [-0.1, -0.05) is 6.07 Å². The molecule has 0 radical (unpaired) electrons. The number of carbonyl (C=O) groups is 2. The predicted molar refractivity (Wildman–Crippen MR) is 97.6 cm³/mol. The number of hydrogen-bond donors (Lipinski definition) is 3. The number of carbonyl (C=O) groups excluding carboxylic acids is 2. The van der Waals surface area contributed by atoms with Gasteiger partial charge in [0.25, 0.3) is 5.91 Å². The average molecular weight is 341 g/mol. The number of aryl methyl sites for hydroxylation is 1. The second kappa shape index (κ2) is 6.79. The van der Waals surface area contributed by atoms with Gasteiger partial charge in [-0.15, -0.1) is 0 Å². The van der Waals surface area contributed by atoms with Gasteiger partial charge < -0.3 is 16.0 Å². The van der Waals surface area contributed by atoms with Gasteiger partial charge in [-0.3, -0.25) is 9.59 Å². The Bertz CT molecular complexity index is 672. The first kappa shape index (κ1) is 16.6. The summed E-state index contributed by atoms with van der Waals surface area (Å²) in [6.07, 6.45) is 7.42. The van der Waals surface area contributed by atoms with E-state index in [0.29, 0.717) is 36.0 Å². The number of fused-ring (bicyclic) bond motifs is 2. The summed E-state index contributed by atoms with van der Waals surface area (Å²) in [7, 11) is 0. The monoisotopic (exact) mass is 341 g/mol. The molecule has 2 amide bonds. The quantitative estimate of drug-likeness (QED) is 0.771. The van der Waals surface area contributed by atoms with E-state index >= 15 is 0 Å². The number of hydrogen-bond acceptors (Lipinski definition) is 3. The highest BCUT2D eigenvalue weighted by atomic mass is 16.2. The van der Waals surface area contributed by atoms with Crippen LogP contribution in [0.1, 0.15) is 60.9 Å². The van der Waals surface area contributed by atoms with Crippen molar-refractivity contribution in [3.8, 4) is 0 Å². The number of piperidine rings is 1. The van der Waals surface area contributed by atoms with Crippen LogP contribution in [0.5, 0.6) is 0 Å². The lowest BCUT2D eigenvalue weighted by atomic mass is 9.89. The van der Waals surface area contributed by atoms with Gasteiger partial charge in [0.05, 0.1) is 0 Å². The van der Waals surface area contributed by atoms with Crippen LogP contribution in [0.3, 0.4) is 0 Å². The van der Waals surface area contributed by atoms with Crippen LogP contribution in [0.25, 0.3) is 0 Å². The van der Waals surface area contributed by atoms with E-state index in [1.165, 1.54) is 12.8 Å². The summed E-state index contributed by atoms with van der Waals surface area (Å²) in [6, 6.07) is 7.08. The zero-order chi connectivity index (χ0) is 17.4. The Balaban J connectivity index is 1.37. The van der Waals surface area contributed by atoms with Crippen molar-refractivity contribution in [1.82, 2.24) is 10.6 Å². The topological polar surface area (TPSA) is 70.2 Å². The molecule has 1 aromatic carbocycles. The van der Waals surface area contributed by atoms with E-state index < -0.39 is 0 Å². The fraction of sp³-hybridized carbons (Fsp3) is 0.600. The lowest BCUT2D eigenvalue weighted by molar-refractivity contribution is -0.117. The molecule has 2 unspecified atom stereocenters. The van der Waals surface area contributed by atoms with Gasteiger partial charge in [0.15, 0.2) is 0 Å². The maximum Gasteiger partial charge on any atom is 0.251 e. The van der Waals surface area contributed by atoms with E-state index in [1.54, 1.807) is 6.07 Å². The van der Waals surface area contributed by atoms with Gasteiger partial charge in [0, 0.05) is 35.8 Å². The van der Waals surface area contributed by atoms with Crippen molar-refractivity contribution in [1.29, 1.82) is 0 Å². The molecule has 2 heterocycles. The fourth-order valence-corrected chi connectivity index (χ4v) is 4.20. The molecule has 2 bridgehead atoms. The largest absolute Gasteiger partial charge is 0.349 e. The molecule has 5 heteroatoms. The highest BCUT2D eigenvalue weighted by molar-refractivity contribution is 5.98. The van der Waals surface area contributed by atoms with Crippen molar-refractivity contribution in [3.63, 3.8) is 0 Å². The van der Waals surface area contributed by atoms with Crippen LogP contribution in [0.2, 0.25) is 0 Å². The molecule has 2 saturated heterocycles. The van der Waals surface area contributed by atoms with Crippen LogP contribution in [0, 0.1) is 12.8 Å². The van der Waals surface area contributed by atoms with Crippen LogP contribution in [0.15, 0.2) is 18.2 Å². The number of rotatable bonds is 5. The summed E-state index contributed by atoms with van der Waals surface area (Å²) in [6.45, 7) is 1.96. The lowest BCUT2D eigenvalue weighted by Crippen LogP contribution is -2.39. The first-order valence-electron chi connectivity index (χ1n) is 9.54. The molecule has 5 nitrogen and oxygen atoms in total. The van der Waals surface area contributed by atoms with Gasteiger partial charge in [-0.2, -0.15) is 0 Å². The SMILES string of the molecule is Cc1ccc(C(=O)NC2CC2)cc1NC(=O)CC1CC2CCC(C1)N2. The van der Waals surface area contributed by atoms with Crippen molar-refractivity contribution >= 4 is 17.5 Å². The summed E-state index contributed by atoms with van der Waals surface area (Å²) >= 11 is 0. The van der Waals surface area contributed by atoms with Crippen molar-refractivity contribution in [3.05, 3.63) is 29.3 Å². The highest BCUT2D eigenvalue weighted by Crippen LogP contribution is 2.33. The first-order valence-corrected chi connectivity index (χ1v) is 9.54. The Morgan fingerprint density at radius 1 is 1.12 bits per heavy atom. The number of nitrogens with one attached hydrogen (secondary N) is 3. The van der Waals surface area contributed by atoms with Crippen LogP contribution in [-0.2, 0) is 4.79 Å². The summed E-state index contributed by atoms with van der Waals surface area (Å²) in [5, 5.41) is 9.64. The van der Waals surface area contributed by atoms with Crippen LogP contribution >= 0.6 is 0 Å². The Morgan fingerprint density at radius 3 is 2.52 bits per heavy atom. The molecule has 134 valence electrons. The third-order valence-electron chi connectivity index (χ3n) is 5.73. The summed E-state index contributed by atoms with van der Waals surface area (Å²) < 4.78 is 0. The molecular weight excluding hydrogens is 314 g/mol. The average Bonchev–Trinajstić information content (AvgIpc) is 3.32. The third kappa shape index (κ3) is 4.03. The predicted octanol–water partition coefficient (Wildman–Crippen LogP) is 2.75. The first-order chi connectivity index (χ1) is 12.1. The van der Waals surface area contributed by atoms with Crippen LogP contribution < -0.4 is 16.0 Å². The molecule has 3 N–H and O–H groups in total. The minimum absolute atomic E-state index is 0.0482. The molecule has 3 aliphatic rings. The minimum Gasteiger partial charge on any atom is -0.349 e. The Morgan fingerprint density at radius 2 is 1.84 bits per heavy atom. The summed E-state index contributed by atoms with van der Waals surface area (Å²) in [5.74, 6) is 0.488. The van der Waals surface area contributed by atoms with Crippen LogP contribution in [0.4, 0.5) is 5.69 Å². The van der Waals surface area contributed by atoms with Crippen molar-refractivity contribution in [2.45, 2.75) is 70.0 Å². The molecule has 0 aromatic heterocycles. The van der Waals surface area contributed by atoms with Gasteiger partial charge in [-0.25, -0.2) is 0 Å². The maximum absolute atomic E-state index is 12.5. The minimum atomic E-state index is -0.0482. The molecule has 1 aliphatic carbocycles. The second-order valence-corrected chi connectivity index (χ2v) is 8.01. The van der Waals surface area contributed by atoms with Gasteiger partial charge in [0.2, 0.25) is 5.91 Å². The van der Waals surface area contributed by atoms with Crippen LogP contribution in [-0.4, -0.2) is 29.9 Å². The van der Waals surface area contributed by atoms with Crippen molar-refractivity contribution < 1.29 is 9.59 Å². The molecule has 4 rings (SSSR count). The smallest absolute Gasteiger partial charge is 0.251 e. The molecule has 2 aliphatic heterocycles. The molecule has 2 atom stereocenters. The van der Waals surface area contributed by atoms with Gasteiger partial charge >= 0.3 is 0 Å². The lowest BCUT2D eigenvalue weighted by Gasteiger charge is -2.28. The molecule has 1 saturated carbocycles. The highest BCUT2D eigenvalue weighted by Gasteiger charge is 2.34. The van der Waals surface area contributed by atoms with E-state index in [9.17, 15) is 9.59 Å². The number of anilines is 1.